The van der Waals surface area contributed by atoms with Crippen LogP contribution in [0.5, 0.6) is 0 Å². The number of hydrogen-bond acceptors (Lipinski definition) is 3. The van der Waals surface area contributed by atoms with E-state index in [0.29, 0.717) is 12.3 Å². The molecule has 1 fully saturated rings. The number of carbonyl (C=O) groups excluding carboxylic acids is 1. The molecule has 0 spiro atoms. The smallest absolute Gasteiger partial charge is 0.290 e. The Morgan fingerprint density at radius 3 is 2.83 bits per heavy atom. The molecule has 1 amide bonds. The number of piperidine rings is 1. The standard InChI is InChI=1S/C18H18FNO3/c1-12-9-15(21)11-17(23-12)18(22)20-8-3-2-7-16(20)13-5-4-6-14(19)10-13/h4-6,9-11,16H,2-3,7-8H2,1H3/t16-/m0/s1. The highest BCUT2D eigenvalue weighted by atomic mass is 19.1. The number of rotatable bonds is 2. The Kier molecular flexibility index (Phi) is 4.28. The Morgan fingerprint density at radius 1 is 1.26 bits per heavy atom. The fraction of sp³-hybridized carbons (Fsp3) is 0.333. The highest BCUT2D eigenvalue weighted by molar-refractivity contribution is 5.91. The van der Waals surface area contributed by atoms with E-state index in [9.17, 15) is 14.0 Å². The minimum atomic E-state index is -0.320. The number of carbonyl (C=O) groups is 1. The van der Waals surface area contributed by atoms with E-state index in [1.807, 2.05) is 6.07 Å². The largest absolute Gasteiger partial charge is 0.456 e. The normalized spacial score (nSPS) is 18.0. The number of likely N-dealkylation sites (tertiary alicyclic amines) is 1. The molecule has 0 radical (unpaired) electrons. The van der Waals surface area contributed by atoms with Gasteiger partial charge in [0.15, 0.2) is 11.2 Å². The molecule has 1 aliphatic rings. The molecular weight excluding hydrogens is 297 g/mol. The Morgan fingerprint density at radius 2 is 2.09 bits per heavy atom. The molecule has 1 aromatic heterocycles. The van der Waals surface area contributed by atoms with Crippen molar-refractivity contribution in [2.45, 2.75) is 32.2 Å². The summed E-state index contributed by atoms with van der Waals surface area (Å²) in [5, 5.41) is 0. The quantitative estimate of drug-likeness (QED) is 0.853. The summed E-state index contributed by atoms with van der Waals surface area (Å²) in [6.07, 6.45) is 2.63. The number of halogens is 1. The Bertz CT molecular complexity index is 784. The van der Waals surface area contributed by atoms with Gasteiger partial charge >= 0.3 is 0 Å². The zero-order valence-electron chi connectivity index (χ0n) is 12.9. The van der Waals surface area contributed by atoms with Gasteiger partial charge in [-0.05, 0) is 43.9 Å². The van der Waals surface area contributed by atoms with E-state index in [4.69, 9.17) is 4.42 Å². The molecule has 3 rings (SSSR count). The summed E-state index contributed by atoms with van der Waals surface area (Å²) in [6, 6.07) is 8.68. The minimum absolute atomic E-state index is 0.0401. The van der Waals surface area contributed by atoms with Gasteiger partial charge in [0.2, 0.25) is 0 Å². The molecule has 5 heteroatoms. The van der Waals surface area contributed by atoms with Gasteiger partial charge in [-0.15, -0.1) is 0 Å². The number of nitrogens with zero attached hydrogens (tertiary/aromatic N) is 1. The van der Waals surface area contributed by atoms with E-state index in [0.717, 1.165) is 24.8 Å². The van der Waals surface area contributed by atoms with Crippen molar-refractivity contribution in [2.75, 3.05) is 6.54 Å². The summed E-state index contributed by atoms with van der Waals surface area (Å²) in [5.74, 6) is -0.194. The Labute approximate surface area is 133 Å². The van der Waals surface area contributed by atoms with Crippen LogP contribution in [0.2, 0.25) is 0 Å². The van der Waals surface area contributed by atoms with Gasteiger partial charge in [-0.25, -0.2) is 4.39 Å². The molecule has 1 atom stereocenters. The highest BCUT2D eigenvalue weighted by Crippen LogP contribution is 2.32. The summed E-state index contributed by atoms with van der Waals surface area (Å²) in [6.45, 7) is 2.20. The van der Waals surface area contributed by atoms with E-state index in [1.165, 1.54) is 24.3 Å². The average molecular weight is 315 g/mol. The SMILES string of the molecule is Cc1cc(=O)cc(C(=O)N2CCCC[C@H]2c2cccc(F)c2)o1. The fourth-order valence-electron chi connectivity index (χ4n) is 3.09. The zero-order valence-corrected chi connectivity index (χ0v) is 12.9. The maximum atomic E-state index is 13.5. The van der Waals surface area contributed by atoms with Crippen molar-refractivity contribution in [1.82, 2.24) is 4.90 Å². The lowest BCUT2D eigenvalue weighted by Crippen LogP contribution is -2.38. The predicted octanol–water partition coefficient (Wildman–Crippen LogP) is 3.45. The molecule has 1 saturated heterocycles. The summed E-state index contributed by atoms with van der Waals surface area (Å²) in [4.78, 5) is 26.1. The van der Waals surface area contributed by atoms with Gasteiger partial charge in [0.25, 0.3) is 5.91 Å². The van der Waals surface area contributed by atoms with Crippen LogP contribution in [-0.2, 0) is 0 Å². The lowest BCUT2D eigenvalue weighted by molar-refractivity contribution is 0.0574. The van der Waals surface area contributed by atoms with Gasteiger partial charge in [0.05, 0.1) is 6.04 Å². The molecule has 2 aromatic rings. The highest BCUT2D eigenvalue weighted by Gasteiger charge is 2.30. The van der Waals surface area contributed by atoms with Crippen molar-refractivity contribution in [3.05, 3.63) is 69.5 Å². The van der Waals surface area contributed by atoms with Crippen LogP contribution in [0, 0.1) is 12.7 Å². The second-order valence-corrected chi connectivity index (χ2v) is 5.83. The summed E-state index contributed by atoms with van der Waals surface area (Å²) < 4.78 is 18.9. The zero-order chi connectivity index (χ0) is 16.4. The molecular formula is C18H18FNO3. The number of hydrogen-bond donors (Lipinski definition) is 0. The first-order valence-corrected chi connectivity index (χ1v) is 7.73. The fourth-order valence-corrected chi connectivity index (χ4v) is 3.09. The Balaban J connectivity index is 1.94. The molecule has 0 bridgehead atoms. The third-order valence-electron chi connectivity index (χ3n) is 4.10. The molecule has 2 heterocycles. The third-order valence-corrected chi connectivity index (χ3v) is 4.10. The molecule has 0 aliphatic carbocycles. The first-order valence-electron chi connectivity index (χ1n) is 7.73. The van der Waals surface area contributed by atoms with Crippen molar-refractivity contribution in [2.24, 2.45) is 0 Å². The van der Waals surface area contributed by atoms with Crippen molar-refractivity contribution in [3.63, 3.8) is 0 Å². The average Bonchev–Trinajstić information content (AvgIpc) is 2.53. The van der Waals surface area contributed by atoms with Crippen molar-refractivity contribution < 1.29 is 13.6 Å². The first-order chi connectivity index (χ1) is 11.0. The van der Waals surface area contributed by atoms with Crippen LogP contribution in [0.25, 0.3) is 0 Å². The topological polar surface area (TPSA) is 50.5 Å². The molecule has 1 aromatic carbocycles. The molecule has 0 saturated carbocycles. The molecule has 23 heavy (non-hydrogen) atoms. The molecule has 120 valence electrons. The first kappa shape index (κ1) is 15.5. The summed E-state index contributed by atoms with van der Waals surface area (Å²) in [5.41, 5.74) is 0.518. The van der Waals surface area contributed by atoms with E-state index < -0.39 is 0 Å². The van der Waals surface area contributed by atoms with Gasteiger partial charge in [-0.3, -0.25) is 9.59 Å². The van der Waals surface area contributed by atoms with Crippen LogP contribution in [0.15, 0.2) is 45.6 Å². The van der Waals surface area contributed by atoms with Gasteiger partial charge < -0.3 is 9.32 Å². The summed E-state index contributed by atoms with van der Waals surface area (Å²) >= 11 is 0. The van der Waals surface area contributed by atoms with Crippen molar-refractivity contribution in [3.8, 4) is 0 Å². The van der Waals surface area contributed by atoms with Crippen LogP contribution in [-0.4, -0.2) is 17.4 Å². The van der Waals surface area contributed by atoms with E-state index in [1.54, 1.807) is 17.9 Å². The lowest BCUT2D eigenvalue weighted by atomic mass is 9.95. The van der Waals surface area contributed by atoms with Crippen LogP contribution in [0.3, 0.4) is 0 Å². The van der Waals surface area contributed by atoms with E-state index in [-0.39, 0.29) is 29.0 Å². The molecule has 4 nitrogen and oxygen atoms in total. The number of amides is 1. The van der Waals surface area contributed by atoms with Crippen LogP contribution in [0.1, 0.15) is 47.2 Å². The Hall–Kier alpha value is -2.43. The van der Waals surface area contributed by atoms with Crippen LogP contribution < -0.4 is 5.43 Å². The maximum absolute atomic E-state index is 13.5. The molecule has 0 unspecified atom stereocenters. The second-order valence-electron chi connectivity index (χ2n) is 5.83. The molecule has 1 aliphatic heterocycles. The minimum Gasteiger partial charge on any atom is -0.456 e. The van der Waals surface area contributed by atoms with Gasteiger partial charge in [0.1, 0.15) is 11.6 Å². The summed E-state index contributed by atoms with van der Waals surface area (Å²) in [7, 11) is 0. The predicted molar refractivity (Wildman–Crippen MR) is 83.7 cm³/mol. The van der Waals surface area contributed by atoms with Crippen LogP contribution in [0.4, 0.5) is 4.39 Å². The molecule has 0 N–H and O–H groups in total. The van der Waals surface area contributed by atoms with Crippen molar-refractivity contribution >= 4 is 5.91 Å². The van der Waals surface area contributed by atoms with E-state index >= 15 is 0 Å². The maximum Gasteiger partial charge on any atom is 0.290 e. The van der Waals surface area contributed by atoms with Crippen LogP contribution >= 0.6 is 0 Å². The van der Waals surface area contributed by atoms with Crippen molar-refractivity contribution in [1.29, 1.82) is 0 Å². The van der Waals surface area contributed by atoms with Gasteiger partial charge in [-0.1, -0.05) is 12.1 Å². The third kappa shape index (κ3) is 3.33. The number of aryl methyl sites for hydroxylation is 1. The van der Waals surface area contributed by atoms with E-state index in [2.05, 4.69) is 0 Å². The van der Waals surface area contributed by atoms with Gasteiger partial charge in [0, 0.05) is 18.7 Å². The number of benzene rings is 1. The lowest BCUT2D eigenvalue weighted by Gasteiger charge is -2.35. The second kappa shape index (κ2) is 6.36. The monoisotopic (exact) mass is 315 g/mol. The van der Waals surface area contributed by atoms with Gasteiger partial charge in [-0.2, -0.15) is 0 Å².